The van der Waals surface area contributed by atoms with Gasteiger partial charge in [0, 0.05) is 23.2 Å². The van der Waals surface area contributed by atoms with E-state index >= 15 is 0 Å². The highest BCUT2D eigenvalue weighted by atomic mass is 16.1. The van der Waals surface area contributed by atoms with Crippen molar-refractivity contribution in [3.63, 3.8) is 0 Å². The summed E-state index contributed by atoms with van der Waals surface area (Å²) in [5.41, 5.74) is 13.6. The van der Waals surface area contributed by atoms with Gasteiger partial charge in [-0.05, 0) is 43.7 Å². The summed E-state index contributed by atoms with van der Waals surface area (Å²) >= 11 is 0. The highest BCUT2D eigenvalue weighted by Crippen LogP contribution is 2.47. The lowest BCUT2D eigenvalue weighted by atomic mass is 10.0. The van der Waals surface area contributed by atoms with E-state index in [1.165, 1.54) is 19.0 Å². The van der Waals surface area contributed by atoms with Gasteiger partial charge in [-0.3, -0.25) is 9.78 Å². The molecule has 3 aromatic rings. The Labute approximate surface area is 168 Å². The Balaban J connectivity index is 1.45. The molecule has 148 valence electrons. The molecular formula is C21H23N7O. The number of carbonyl (C=O) groups excluding carboxylic acids is 1. The summed E-state index contributed by atoms with van der Waals surface area (Å²) in [6.07, 6.45) is 7.51. The zero-order valence-corrected chi connectivity index (χ0v) is 15.9. The molecule has 1 atom stereocenters. The number of nitrogens with two attached hydrogens (primary N) is 2. The van der Waals surface area contributed by atoms with Crippen molar-refractivity contribution in [1.29, 1.82) is 0 Å². The second-order valence-corrected chi connectivity index (χ2v) is 8.05. The van der Waals surface area contributed by atoms with Gasteiger partial charge in [-0.2, -0.15) is 4.98 Å². The van der Waals surface area contributed by atoms with Crippen LogP contribution >= 0.6 is 0 Å². The first-order chi connectivity index (χ1) is 14.0. The number of nitrogens with zero attached hydrogens (tertiary/aromatic N) is 3. The third kappa shape index (κ3) is 3.58. The van der Waals surface area contributed by atoms with Gasteiger partial charge in [0.15, 0.2) is 0 Å². The van der Waals surface area contributed by atoms with Crippen LogP contribution < -0.4 is 22.1 Å². The van der Waals surface area contributed by atoms with Gasteiger partial charge in [0.1, 0.15) is 11.4 Å². The zero-order valence-electron chi connectivity index (χ0n) is 15.9. The third-order valence-corrected chi connectivity index (χ3v) is 5.73. The molecule has 2 fully saturated rings. The minimum absolute atomic E-state index is 0.150. The molecule has 29 heavy (non-hydrogen) atoms. The summed E-state index contributed by atoms with van der Waals surface area (Å²) in [7, 11) is 0. The van der Waals surface area contributed by atoms with Gasteiger partial charge in [0.25, 0.3) is 5.91 Å². The van der Waals surface area contributed by atoms with Crippen LogP contribution in [0.5, 0.6) is 0 Å². The minimum atomic E-state index is -0.593. The third-order valence-electron chi connectivity index (χ3n) is 5.73. The number of anilines is 3. The monoisotopic (exact) mass is 389 g/mol. The van der Waals surface area contributed by atoms with Gasteiger partial charge >= 0.3 is 0 Å². The molecule has 0 bridgehead atoms. The standard InChI is InChI=1S/C21H23N7O/c22-18(29)15-11-25-20(27-17(12-5-6-12)21(23)7-8-21)28-19(15)26-14-9-13-3-1-2-4-16(13)24-10-14/h1-4,9-12,17H,5-8,23H2,(H2,22,29)(H2,25,26,27,28). The van der Waals surface area contributed by atoms with E-state index in [1.54, 1.807) is 6.20 Å². The smallest absolute Gasteiger partial charge is 0.254 e. The lowest BCUT2D eigenvalue weighted by Gasteiger charge is -2.25. The average molecular weight is 389 g/mol. The molecule has 6 N–H and O–H groups in total. The first-order valence-electron chi connectivity index (χ1n) is 9.86. The lowest BCUT2D eigenvalue weighted by molar-refractivity contribution is 0.100. The SMILES string of the molecule is NC(=O)c1cnc(NC(C2CC2)C2(N)CC2)nc1Nc1cnc2ccccc2c1. The molecule has 2 aromatic heterocycles. The highest BCUT2D eigenvalue weighted by Gasteiger charge is 2.52. The number of nitrogens with one attached hydrogen (secondary N) is 2. The molecular weight excluding hydrogens is 366 g/mol. The Bertz CT molecular complexity index is 1090. The van der Waals surface area contributed by atoms with Crippen LogP contribution in [0.1, 0.15) is 36.0 Å². The van der Waals surface area contributed by atoms with E-state index in [-0.39, 0.29) is 17.1 Å². The molecule has 0 saturated heterocycles. The molecule has 1 unspecified atom stereocenters. The van der Waals surface area contributed by atoms with Gasteiger partial charge in [0.2, 0.25) is 5.95 Å². The second-order valence-electron chi connectivity index (χ2n) is 8.05. The molecule has 2 heterocycles. The Morgan fingerprint density at radius 1 is 1.17 bits per heavy atom. The molecule has 2 saturated carbocycles. The van der Waals surface area contributed by atoms with Crippen LogP contribution in [0.25, 0.3) is 10.9 Å². The maximum absolute atomic E-state index is 11.9. The summed E-state index contributed by atoms with van der Waals surface area (Å²) in [6.45, 7) is 0. The predicted molar refractivity (Wildman–Crippen MR) is 112 cm³/mol. The van der Waals surface area contributed by atoms with Crippen molar-refractivity contribution < 1.29 is 4.79 Å². The Morgan fingerprint density at radius 2 is 1.97 bits per heavy atom. The molecule has 1 amide bonds. The number of fused-ring (bicyclic) bond motifs is 1. The Hall–Kier alpha value is -3.26. The van der Waals surface area contributed by atoms with E-state index in [1.807, 2.05) is 30.3 Å². The van der Waals surface area contributed by atoms with Crippen LogP contribution in [0.2, 0.25) is 0 Å². The number of rotatable bonds is 7. The molecule has 0 aliphatic heterocycles. The van der Waals surface area contributed by atoms with E-state index in [4.69, 9.17) is 11.5 Å². The minimum Gasteiger partial charge on any atom is -0.365 e. The molecule has 2 aliphatic carbocycles. The van der Waals surface area contributed by atoms with Crippen LogP contribution in [-0.4, -0.2) is 32.4 Å². The van der Waals surface area contributed by atoms with Crippen molar-refractivity contribution in [1.82, 2.24) is 15.0 Å². The highest BCUT2D eigenvalue weighted by molar-refractivity contribution is 5.98. The molecule has 8 nitrogen and oxygen atoms in total. The first-order valence-corrected chi connectivity index (χ1v) is 9.86. The fourth-order valence-electron chi connectivity index (χ4n) is 3.76. The van der Waals surface area contributed by atoms with E-state index in [0.29, 0.717) is 23.4 Å². The molecule has 5 rings (SSSR count). The number of aromatic nitrogens is 3. The number of hydrogen-bond donors (Lipinski definition) is 4. The van der Waals surface area contributed by atoms with Crippen molar-refractivity contribution in [2.24, 2.45) is 17.4 Å². The maximum Gasteiger partial charge on any atom is 0.254 e. The number of para-hydroxylation sites is 1. The van der Waals surface area contributed by atoms with Gasteiger partial charge < -0.3 is 22.1 Å². The Morgan fingerprint density at radius 3 is 2.69 bits per heavy atom. The van der Waals surface area contributed by atoms with Crippen LogP contribution in [0.4, 0.5) is 17.5 Å². The number of benzene rings is 1. The van der Waals surface area contributed by atoms with Gasteiger partial charge in [-0.25, -0.2) is 4.98 Å². The van der Waals surface area contributed by atoms with Gasteiger partial charge in [-0.1, -0.05) is 18.2 Å². The van der Waals surface area contributed by atoms with Gasteiger partial charge in [-0.15, -0.1) is 0 Å². The first kappa shape index (κ1) is 17.8. The summed E-state index contributed by atoms with van der Waals surface area (Å²) in [6, 6.07) is 9.92. The van der Waals surface area contributed by atoms with Crippen LogP contribution in [0.3, 0.4) is 0 Å². The van der Waals surface area contributed by atoms with Crippen molar-refractivity contribution in [2.75, 3.05) is 10.6 Å². The summed E-state index contributed by atoms with van der Waals surface area (Å²) in [4.78, 5) is 25.2. The van der Waals surface area contributed by atoms with Crippen LogP contribution in [0, 0.1) is 5.92 Å². The maximum atomic E-state index is 11.9. The number of hydrogen-bond acceptors (Lipinski definition) is 7. The molecule has 0 radical (unpaired) electrons. The largest absolute Gasteiger partial charge is 0.365 e. The number of carbonyl (C=O) groups is 1. The molecule has 0 spiro atoms. The Kier molecular flexibility index (Phi) is 4.09. The topological polar surface area (TPSA) is 132 Å². The lowest BCUT2D eigenvalue weighted by Crippen LogP contribution is -2.44. The van der Waals surface area contributed by atoms with Crippen molar-refractivity contribution in [3.05, 3.63) is 48.3 Å². The fourth-order valence-corrected chi connectivity index (χ4v) is 3.76. The number of pyridine rings is 1. The van der Waals surface area contributed by atoms with Crippen molar-refractivity contribution >= 4 is 34.3 Å². The van der Waals surface area contributed by atoms with Crippen LogP contribution in [0.15, 0.2) is 42.7 Å². The number of amides is 1. The van der Waals surface area contributed by atoms with Crippen LogP contribution in [-0.2, 0) is 0 Å². The average Bonchev–Trinajstić information content (AvgIpc) is 3.63. The van der Waals surface area contributed by atoms with E-state index in [2.05, 4.69) is 25.6 Å². The predicted octanol–water partition coefficient (Wildman–Crippen LogP) is 2.55. The summed E-state index contributed by atoms with van der Waals surface area (Å²) < 4.78 is 0. The van der Waals surface area contributed by atoms with Crippen molar-refractivity contribution in [2.45, 2.75) is 37.3 Å². The fraction of sp³-hybridized carbons (Fsp3) is 0.333. The molecule has 1 aromatic carbocycles. The summed E-state index contributed by atoms with van der Waals surface area (Å²) in [5, 5.41) is 7.57. The van der Waals surface area contributed by atoms with E-state index in [9.17, 15) is 4.79 Å². The van der Waals surface area contributed by atoms with E-state index < -0.39 is 5.91 Å². The number of primary amides is 1. The second kappa shape index (κ2) is 6.66. The summed E-state index contributed by atoms with van der Waals surface area (Å²) in [5.74, 6) is 0.760. The van der Waals surface area contributed by atoms with E-state index in [0.717, 1.165) is 23.7 Å². The van der Waals surface area contributed by atoms with Crippen molar-refractivity contribution in [3.8, 4) is 0 Å². The quantitative estimate of drug-likeness (QED) is 0.488. The molecule has 8 heteroatoms. The normalized spacial score (nSPS) is 18.2. The zero-order chi connectivity index (χ0) is 20.0. The van der Waals surface area contributed by atoms with Gasteiger partial charge in [0.05, 0.1) is 17.4 Å². The molecule has 2 aliphatic rings.